The van der Waals surface area contributed by atoms with E-state index >= 15 is 0 Å². The van der Waals surface area contributed by atoms with Crippen LogP contribution in [0.15, 0.2) is 52.5 Å². The van der Waals surface area contributed by atoms with E-state index in [1.807, 2.05) is 30.3 Å². The minimum Gasteiger partial charge on any atom is -0.497 e. The molecule has 0 fully saturated rings. The summed E-state index contributed by atoms with van der Waals surface area (Å²) < 4.78 is 10.4. The molecule has 0 aliphatic heterocycles. The highest BCUT2D eigenvalue weighted by atomic mass is 32.1. The molecular formula is C16H14N2O3S. The third kappa shape index (κ3) is 3.17. The summed E-state index contributed by atoms with van der Waals surface area (Å²) in [5, 5.41) is 5.26. The first kappa shape index (κ1) is 14.3. The third-order valence-electron chi connectivity index (χ3n) is 3.06. The molecule has 2 heterocycles. The molecule has 6 heteroatoms. The molecule has 3 aromatic rings. The molecule has 112 valence electrons. The molecule has 22 heavy (non-hydrogen) atoms. The molecule has 0 saturated heterocycles. The number of aromatic nitrogens is 1. The third-order valence-corrected chi connectivity index (χ3v) is 3.91. The van der Waals surface area contributed by atoms with Crippen molar-refractivity contribution in [3.63, 3.8) is 0 Å². The van der Waals surface area contributed by atoms with Crippen molar-refractivity contribution in [2.75, 3.05) is 7.11 Å². The van der Waals surface area contributed by atoms with E-state index in [1.165, 1.54) is 11.3 Å². The molecule has 0 saturated carbocycles. The van der Waals surface area contributed by atoms with Crippen molar-refractivity contribution in [1.29, 1.82) is 0 Å². The summed E-state index contributed by atoms with van der Waals surface area (Å²) >= 11 is 1.38. The molecule has 0 atom stereocenters. The van der Waals surface area contributed by atoms with Crippen LogP contribution in [0.5, 0.6) is 5.75 Å². The lowest BCUT2D eigenvalue weighted by Gasteiger charge is -2.05. The molecule has 5 nitrogen and oxygen atoms in total. The second kappa shape index (κ2) is 6.44. The van der Waals surface area contributed by atoms with Crippen LogP contribution in [-0.2, 0) is 6.54 Å². The van der Waals surface area contributed by atoms with Crippen LogP contribution in [0.25, 0.3) is 10.8 Å². The van der Waals surface area contributed by atoms with Gasteiger partial charge in [-0.15, -0.1) is 11.3 Å². The lowest BCUT2D eigenvalue weighted by atomic mass is 10.2. The van der Waals surface area contributed by atoms with Crippen LogP contribution >= 0.6 is 11.3 Å². The molecule has 2 aromatic heterocycles. The number of benzene rings is 1. The Kier molecular flexibility index (Phi) is 4.20. The molecular weight excluding hydrogens is 300 g/mol. The number of thiazole rings is 1. The van der Waals surface area contributed by atoms with Crippen molar-refractivity contribution in [2.45, 2.75) is 6.54 Å². The molecule has 1 amide bonds. The Morgan fingerprint density at radius 3 is 3.05 bits per heavy atom. The number of hydrogen-bond acceptors (Lipinski definition) is 5. The van der Waals surface area contributed by atoms with E-state index in [0.717, 1.165) is 11.3 Å². The van der Waals surface area contributed by atoms with Crippen molar-refractivity contribution in [2.24, 2.45) is 0 Å². The smallest absolute Gasteiger partial charge is 0.271 e. The number of hydrogen-bond donors (Lipinski definition) is 1. The molecule has 3 rings (SSSR count). The van der Waals surface area contributed by atoms with Gasteiger partial charge in [-0.25, -0.2) is 4.98 Å². The van der Waals surface area contributed by atoms with Crippen molar-refractivity contribution < 1.29 is 13.9 Å². The highest BCUT2D eigenvalue weighted by Gasteiger charge is 2.13. The zero-order valence-electron chi connectivity index (χ0n) is 11.9. The Balaban J connectivity index is 1.64. The van der Waals surface area contributed by atoms with Gasteiger partial charge in [0.05, 0.1) is 13.4 Å². The van der Waals surface area contributed by atoms with E-state index in [0.29, 0.717) is 23.0 Å². The van der Waals surface area contributed by atoms with Crippen LogP contribution < -0.4 is 10.1 Å². The topological polar surface area (TPSA) is 64.4 Å². The van der Waals surface area contributed by atoms with E-state index in [4.69, 9.17) is 9.15 Å². The van der Waals surface area contributed by atoms with E-state index in [1.54, 1.807) is 24.8 Å². The number of methoxy groups -OCH3 is 1. The van der Waals surface area contributed by atoms with E-state index in [-0.39, 0.29) is 5.91 Å². The van der Waals surface area contributed by atoms with Crippen molar-refractivity contribution in [1.82, 2.24) is 10.3 Å². The number of ether oxygens (including phenoxy) is 1. The standard InChI is InChI=1S/C16H14N2O3S/c1-20-12-5-2-4-11(8-12)9-17-15(19)13-10-22-16(18-13)14-6-3-7-21-14/h2-8,10H,9H2,1H3,(H,17,19). The van der Waals surface area contributed by atoms with Crippen LogP contribution in [0, 0.1) is 0 Å². The number of nitrogens with one attached hydrogen (secondary N) is 1. The zero-order chi connectivity index (χ0) is 15.4. The zero-order valence-corrected chi connectivity index (χ0v) is 12.7. The highest BCUT2D eigenvalue weighted by Crippen LogP contribution is 2.23. The molecule has 0 radical (unpaired) electrons. The fourth-order valence-corrected chi connectivity index (χ4v) is 2.71. The average molecular weight is 314 g/mol. The minimum atomic E-state index is -0.211. The Hall–Kier alpha value is -2.60. The van der Waals surface area contributed by atoms with Gasteiger partial charge in [0.1, 0.15) is 11.4 Å². The van der Waals surface area contributed by atoms with Crippen molar-refractivity contribution >= 4 is 17.2 Å². The van der Waals surface area contributed by atoms with Crippen LogP contribution in [-0.4, -0.2) is 18.0 Å². The summed E-state index contributed by atoms with van der Waals surface area (Å²) in [6, 6.07) is 11.2. The Bertz CT molecular complexity index is 765. The SMILES string of the molecule is COc1cccc(CNC(=O)c2csc(-c3ccco3)n2)c1. The Morgan fingerprint density at radius 1 is 1.36 bits per heavy atom. The van der Waals surface area contributed by atoms with E-state index < -0.39 is 0 Å². The largest absolute Gasteiger partial charge is 0.497 e. The summed E-state index contributed by atoms with van der Waals surface area (Å²) in [7, 11) is 1.61. The first-order valence-electron chi connectivity index (χ1n) is 6.67. The van der Waals surface area contributed by atoms with Gasteiger partial charge in [-0.2, -0.15) is 0 Å². The second-order valence-corrected chi connectivity index (χ2v) is 5.41. The van der Waals surface area contributed by atoms with Crippen molar-refractivity contribution in [3.8, 4) is 16.5 Å². The fraction of sp³-hybridized carbons (Fsp3) is 0.125. The van der Waals surface area contributed by atoms with Gasteiger partial charge >= 0.3 is 0 Å². The van der Waals surface area contributed by atoms with Gasteiger partial charge in [-0.1, -0.05) is 12.1 Å². The highest BCUT2D eigenvalue weighted by molar-refractivity contribution is 7.13. The summed E-state index contributed by atoms with van der Waals surface area (Å²) in [5.41, 5.74) is 1.36. The number of nitrogens with zero attached hydrogens (tertiary/aromatic N) is 1. The van der Waals surface area contributed by atoms with Gasteiger partial charge in [0, 0.05) is 11.9 Å². The first-order chi connectivity index (χ1) is 10.8. The van der Waals surface area contributed by atoms with Gasteiger partial charge < -0.3 is 14.5 Å². The number of amides is 1. The maximum absolute atomic E-state index is 12.1. The van der Waals surface area contributed by atoms with Crippen LogP contribution in [0.1, 0.15) is 16.1 Å². The molecule has 0 spiro atoms. The van der Waals surface area contributed by atoms with Crippen LogP contribution in [0.3, 0.4) is 0 Å². The fourth-order valence-electron chi connectivity index (χ4n) is 1.95. The minimum absolute atomic E-state index is 0.211. The van der Waals surface area contributed by atoms with E-state index in [9.17, 15) is 4.79 Å². The van der Waals surface area contributed by atoms with Crippen molar-refractivity contribution in [3.05, 3.63) is 59.3 Å². The Morgan fingerprint density at radius 2 is 2.27 bits per heavy atom. The maximum atomic E-state index is 12.1. The molecule has 0 bridgehead atoms. The molecule has 0 aliphatic carbocycles. The summed E-state index contributed by atoms with van der Waals surface area (Å²) in [4.78, 5) is 16.4. The normalized spacial score (nSPS) is 10.4. The maximum Gasteiger partial charge on any atom is 0.271 e. The van der Waals surface area contributed by atoms with Gasteiger partial charge in [-0.3, -0.25) is 4.79 Å². The lowest BCUT2D eigenvalue weighted by molar-refractivity contribution is 0.0946. The number of furan rings is 1. The molecule has 0 aliphatic rings. The molecule has 0 unspecified atom stereocenters. The van der Waals surface area contributed by atoms with Crippen LogP contribution in [0.4, 0.5) is 0 Å². The second-order valence-electron chi connectivity index (χ2n) is 4.55. The lowest BCUT2D eigenvalue weighted by Crippen LogP contribution is -2.23. The number of carbonyl (C=O) groups excluding carboxylic acids is 1. The average Bonchev–Trinajstić information content (AvgIpc) is 3.23. The predicted octanol–water partition coefficient (Wildman–Crippen LogP) is 3.34. The number of carbonyl (C=O) groups is 1. The van der Waals surface area contributed by atoms with Gasteiger partial charge in [0.15, 0.2) is 10.8 Å². The molecule has 1 aromatic carbocycles. The number of rotatable bonds is 5. The van der Waals surface area contributed by atoms with Gasteiger partial charge in [-0.05, 0) is 29.8 Å². The van der Waals surface area contributed by atoms with Crippen LogP contribution in [0.2, 0.25) is 0 Å². The summed E-state index contributed by atoms with van der Waals surface area (Å²) in [5.74, 6) is 1.22. The quantitative estimate of drug-likeness (QED) is 0.784. The predicted molar refractivity (Wildman–Crippen MR) is 84.0 cm³/mol. The Labute approximate surface area is 131 Å². The van der Waals surface area contributed by atoms with Gasteiger partial charge in [0.25, 0.3) is 5.91 Å². The monoisotopic (exact) mass is 314 g/mol. The summed E-state index contributed by atoms with van der Waals surface area (Å²) in [6.07, 6.45) is 1.58. The van der Waals surface area contributed by atoms with Gasteiger partial charge in [0.2, 0.25) is 0 Å². The molecule has 1 N–H and O–H groups in total. The summed E-state index contributed by atoms with van der Waals surface area (Å²) in [6.45, 7) is 0.420. The van der Waals surface area contributed by atoms with E-state index in [2.05, 4.69) is 10.3 Å². The first-order valence-corrected chi connectivity index (χ1v) is 7.55.